The lowest BCUT2D eigenvalue weighted by Crippen LogP contribution is -2.69. The minimum Gasteiger partial charge on any atom is -0.444 e. The van der Waals surface area contributed by atoms with Crippen LogP contribution in [0.3, 0.4) is 0 Å². The first kappa shape index (κ1) is 20.1. The summed E-state index contributed by atoms with van der Waals surface area (Å²) in [5.41, 5.74) is -0.618. The summed E-state index contributed by atoms with van der Waals surface area (Å²) >= 11 is 1.83. The highest BCUT2D eigenvalue weighted by Gasteiger charge is 2.55. The van der Waals surface area contributed by atoms with Gasteiger partial charge in [-0.15, -0.1) is 11.8 Å². The largest absolute Gasteiger partial charge is 0.444 e. The van der Waals surface area contributed by atoms with E-state index in [1.807, 2.05) is 11.8 Å². The summed E-state index contributed by atoms with van der Waals surface area (Å²) in [5.74, 6) is -0.260. The number of amides is 2. The van der Waals surface area contributed by atoms with Crippen molar-refractivity contribution in [3.63, 3.8) is 0 Å². The zero-order valence-corrected chi connectivity index (χ0v) is 16.2. The van der Waals surface area contributed by atoms with Crippen LogP contribution in [0.15, 0.2) is 0 Å². The number of carbonyl (C=O) groups excluding carboxylic acids is 2. The number of rotatable bonds is 5. The van der Waals surface area contributed by atoms with Crippen LogP contribution in [0.5, 0.6) is 0 Å². The Labute approximate surface area is 143 Å². The lowest BCUT2D eigenvalue weighted by atomic mass is 9.89. The second kappa shape index (κ2) is 6.89. The van der Waals surface area contributed by atoms with Crippen LogP contribution in [-0.4, -0.2) is 52.9 Å². The maximum absolute atomic E-state index is 12.5. The average molecular weight is 346 g/mol. The Hall–Kier alpha value is -0.950. The summed E-state index contributed by atoms with van der Waals surface area (Å²) in [7, 11) is 1.49. The molecule has 7 heteroatoms. The third kappa shape index (κ3) is 5.57. The number of ether oxygens (including phenoxy) is 2. The number of hydrogen-bond acceptors (Lipinski definition) is 5. The molecule has 0 aromatic rings. The molecule has 0 aliphatic carbocycles. The first-order valence-corrected chi connectivity index (χ1v) is 8.59. The van der Waals surface area contributed by atoms with E-state index in [2.05, 4.69) is 38.3 Å². The van der Waals surface area contributed by atoms with Crippen molar-refractivity contribution in [1.29, 1.82) is 0 Å². The molecule has 0 saturated carbocycles. The summed E-state index contributed by atoms with van der Waals surface area (Å²) in [6.07, 6.45) is -0.629. The molecule has 6 nitrogen and oxygen atoms in total. The van der Waals surface area contributed by atoms with E-state index in [4.69, 9.17) is 9.47 Å². The van der Waals surface area contributed by atoms with Gasteiger partial charge in [-0.05, 0) is 48.5 Å². The average Bonchev–Trinajstić information content (AvgIpc) is 2.31. The molecular formula is C16H30N2O4S. The molecule has 0 radical (unpaired) electrons. The number of methoxy groups -OCH3 is 1. The van der Waals surface area contributed by atoms with Crippen molar-refractivity contribution in [2.75, 3.05) is 13.7 Å². The maximum Gasteiger partial charge on any atom is 0.408 e. The zero-order valence-electron chi connectivity index (χ0n) is 15.4. The van der Waals surface area contributed by atoms with Crippen molar-refractivity contribution in [2.24, 2.45) is 0 Å². The molecule has 0 aromatic heterocycles. The number of alkyl carbamates (subject to hydrolysis) is 1. The quantitative estimate of drug-likeness (QED) is 0.799. The maximum atomic E-state index is 12.5. The van der Waals surface area contributed by atoms with Crippen LogP contribution >= 0.6 is 11.8 Å². The monoisotopic (exact) mass is 346 g/mol. The molecule has 0 bridgehead atoms. The Balaban J connectivity index is 2.70. The fraction of sp³-hybridized carbons (Fsp3) is 0.875. The van der Waals surface area contributed by atoms with E-state index in [1.54, 1.807) is 20.8 Å². The standard InChI is InChI=1S/C16H30N2O4S/c1-14(2,3)22-13(20)17-10(9-21-8)11(19)18-12-15(4,5)23-16(12,6)7/h10,12H,9H2,1-8H3,(H,17,20)(H,18,19)/t10-/m0/s1. The van der Waals surface area contributed by atoms with E-state index >= 15 is 0 Å². The highest BCUT2D eigenvalue weighted by molar-refractivity contribution is 8.03. The second-order valence-electron chi connectivity index (χ2n) is 7.90. The third-order valence-corrected chi connectivity index (χ3v) is 5.07. The number of hydrogen-bond donors (Lipinski definition) is 2. The van der Waals surface area contributed by atoms with Gasteiger partial charge in [0, 0.05) is 16.6 Å². The fourth-order valence-corrected chi connectivity index (χ4v) is 5.08. The van der Waals surface area contributed by atoms with Crippen molar-refractivity contribution in [3.05, 3.63) is 0 Å². The van der Waals surface area contributed by atoms with Gasteiger partial charge < -0.3 is 20.1 Å². The molecule has 134 valence electrons. The van der Waals surface area contributed by atoms with Crippen molar-refractivity contribution >= 4 is 23.8 Å². The third-order valence-electron chi connectivity index (χ3n) is 3.54. The van der Waals surface area contributed by atoms with Crippen molar-refractivity contribution < 1.29 is 19.1 Å². The van der Waals surface area contributed by atoms with Crippen molar-refractivity contribution in [2.45, 2.75) is 75.6 Å². The van der Waals surface area contributed by atoms with Gasteiger partial charge in [0.2, 0.25) is 5.91 Å². The van der Waals surface area contributed by atoms with Gasteiger partial charge in [0.15, 0.2) is 0 Å². The van der Waals surface area contributed by atoms with Gasteiger partial charge in [-0.1, -0.05) is 0 Å². The minimum atomic E-state index is -0.785. The smallest absolute Gasteiger partial charge is 0.408 e. The predicted molar refractivity (Wildman–Crippen MR) is 92.7 cm³/mol. The Morgan fingerprint density at radius 3 is 2.09 bits per heavy atom. The molecule has 1 atom stereocenters. The predicted octanol–water partition coefficient (Wildman–Crippen LogP) is 2.31. The minimum absolute atomic E-state index is 0.0206. The topological polar surface area (TPSA) is 76.7 Å². The molecule has 0 unspecified atom stereocenters. The van der Waals surface area contributed by atoms with Gasteiger partial charge in [0.25, 0.3) is 0 Å². The molecule has 0 spiro atoms. The first-order valence-electron chi connectivity index (χ1n) is 7.77. The van der Waals surface area contributed by atoms with Gasteiger partial charge in [0.05, 0.1) is 12.6 Å². The van der Waals surface area contributed by atoms with Gasteiger partial charge in [-0.25, -0.2) is 4.79 Å². The molecular weight excluding hydrogens is 316 g/mol. The van der Waals surface area contributed by atoms with Crippen molar-refractivity contribution in [1.82, 2.24) is 10.6 Å². The summed E-state index contributed by atoms with van der Waals surface area (Å²) in [5, 5.41) is 5.62. The normalized spacial score (nSPS) is 21.0. The van der Waals surface area contributed by atoms with E-state index in [9.17, 15) is 9.59 Å². The summed E-state index contributed by atoms with van der Waals surface area (Å²) in [6.45, 7) is 13.8. The second-order valence-corrected chi connectivity index (χ2v) is 10.2. The van der Waals surface area contributed by atoms with E-state index < -0.39 is 17.7 Å². The van der Waals surface area contributed by atoms with E-state index in [1.165, 1.54) is 7.11 Å². The Bertz CT molecular complexity index is 443. The summed E-state index contributed by atoms with van der Waals surface area (Å²) in [6, 6.07) is -0.764. The molecule has 1 aliphatic rings. The Morgan fingerprint density at radius 1 is 1.17 bits per heavy atom. The highest BCUT2D eigenvalue weighted by atomic mass is 32.2. The lowest BCUT2D eigenvalue weighted by molar-refractivity contribution is -0.125. The van der Waals surface area contributed by atoms with Crippen LogP contribution in [0, 0.1) is 0 Å². The van der Waals surface area contributed by atoms with E-state index in [0.29, 0.717) is 0 Å². The summed E-state index contributed by atoms with van der Waals surface area (Å²) < 4.78 is 10.2. The van der Waals surface area contributed by atoms with Crippen LogP contribution in [0.1, 0.15) is 48.5 Å². The van der Waals surface area contributed by atoms with Gasteiger partial charge in [-0.2, -0.15) is 0 Å². The first-order chi connectivity index (χ1) is 10.3. The van der Waals surface area contributed by atoms with Gasteiger partial charge in [0.1, 0.15) is 11.6 Å². The Kier molecular flexibility index (Phi) is 6.02. The molecule has 1 heterocycles. The van der Waals surface area contributed by atoms with Crippen LogP contribution < -0.4 is 10.6 Å². The molecule has 1 fully saturated rings. The molecule has 1 aliphatic heterocycles. The van der Waals surface area contributed by atoms with Crippen LogP contribution in [0.4, 0.5) is 4.79 Å². The van der Waals surface area contributed by atoms with Crippen molar-refractivity contribution in [3.8, 4) is 0 Å². The molecule has 1 rings (SSSR count). The number of carbonyl (C=O) groups is 2. The molecule has 2 N–H and O–H groups in total. The zero-order chi connectivity index (χ0) is 18.1. The van der Waals surface area contributed by atoms with Crippen LogP contribution in [0.25, 0.3) is 0 Å². The number of nitrogens with one attached hydrogen (secondary N) is 2. The van der Waals surface area contributed by atoms with E-state index in [-0.39, 0.29) is 28.0 Å². The molecule has 1 saturated heterocycles. The molecule has 23 heavy (non-hydrogen) atoms. The van der Waals surface area contributed by atoms with Gasteiger partial charge >= 0.3 is 6.09 Å². The highest BCUT2D eigenvalue weighted by Crippen LogP contribution is 2.54. The summed E-state index contributed by atoms with van der Waals surface area (Å²) in [4.78, 5) is 24.4. The SMILES string of the molecule is COC[C@H](NC(=O)OC(C)(C)C)C(=O)NC1C(C)(C)SC1(C)C. The van der Waals surface area contributed by atoms with E-state index in [0.717, 1.165) is 0 Å². The fourth-order valence-electron chi connectivity index (χ4n) is 2.96. The van der Waals surface area contributed by atoms with Gasteiger partial charge in [-0.3, -0.25) is 4.79 Å². The number of thioether (sulfide) groups is 1. The van der Waals surface area contributed by atoms with Crippen LogP contribution in [-0.2, 0) is 14.3 Å². The van der Waals surface area contributed by atoms with Crippen LogP contribution in [0.2, 0.25) is 0 Å². The molecule has 0 aromatic carbocycles. The lowest BCUT2D eigenvalue weighted by Gasteiger charge is -2.57. The Morgan fingerprint density at radius 2 is 1.70 bits per heavy atom. The molecule has 2 amide bonds.